The molecule has 4 heteroatoms. The molecule has 1 aliphatic heterocycles. The van der Waals surface area contributed by atoms with Crippen molar-refractivity contribution in [3.05, 3.63) is 0 Å². The van der Waals surface area contributed by atoms with Crippen LogP contribution in [0.1, 0.15) is 46.0 Å². The average Bonchev–Trinajstić information content (AvgIpc) is 2.64. The van der Waals surface area contributed by atoms with Crippen LogP contribution >= 0.6 is 0 Å². The molecule has 19 heavy (non-hydrogen) atoms. The molecule has 2 N–H and O–H groups in total. The Morgan fingerprint density at radius 3 is 2.32 bits per heavy atom. The van der Waals surface area contributed by atoms with E-state index in [9.17, 15) is 4.79 Å². The second-order valence-electron chi connectivity index (χ2n) is 6.23. The lowest BCUT2D eigenvalue weighted by molar-refractivity contribution is -0.132. The van der Waals surface area contributed by atoms with Crippen molar-refractivity contribution in [1.29, 1.82) is 0 Å². The number of carbonyl (C=O) groups is 1. The molecule has 0 aromatic rings. The van der Waals surface area contributed by atoms with Crippen LogP contribution in [0.25, 0.3) is 0 Å². The third kappa shape index (κ3) is 6.39. The highest BCUT2D eigenvalue weighted by atomic mass is 16.2. The summed E-state index contributed by atoms with van der Waals surface area (Å²) in [7, 11) is 2.02. The van der Waals surface area contributed by atoms with Crippen molar-refractivity contribution in [1.82, 2.24) is 9.80 Å². The van der Waals surface area contributed by atoms with Crippen molar-refractivity contribution in [2.24, 2.45) is 11.7 Å². The minimum absolute atomic E-state index is 0.232. The van der Waals surface area contributed by atoms with E-state index in [0.717, 1.165) is 38.9 Å². The van der Waals surface area contributed by atoms with E-state index in [2.05, 4.69) is 18.7 Å². The Balaban J connectivity index is 2.26. The lowest BCUT2D eigenvalue weighted by atomic mass is 10.0. The van der Waals surface area contributed by atoms with Crippen molar-refractivity contribution >= 4 is 5.91 Å². The lowest BCUT2D eigenvalue weighted by Gasteiger charge is -2.25. The maximum atomic E-state index is 12.2. The summed E-state index contributed by atoms with van der Waals surface area (Å²) >= 11 is 0. The van der Waals surface area contributed by atoms with Crippen molar-refractivity contribution in [2.75, 3.05) is 33.2 Å². The third-order valence-corrected chi connectivity index (χ3v) is 4.06. The van der Waals surface area contributed by atoms with Crippen LogP contribution in [0.15, 0.2) is 0 Å². The van der Waals surface area contributed by atoms with Gasteiger partial charge in [0, 0.05) is 19.1 Å². The number of nitrogens with zero attached hydrogens (tertiary/aromatic N) is 2. The minimum Gasteiger partial charge on any atom is -0.342 e. The normalized spacial score (nSPS) is 18.7. The summed E-state index contributed by atoms with van der Waals surface area (Å²) in [5.74, 6) is 0.789. The average molecular weight is 269 g/mol. The minimum atomic E-state index is 0.232. The Kier molecular flexibility index (Phi) is 7.39. The predicted octanol–water partition coefficient (Wildman–Crippen LogP) is 1.69. The fraction of sp³-hybridized carbons (Fsp3) is 0.933. The maximum absolute atomic E-state index is 12.2. The zero-order valence-electron chi connectivity index (χ0n) is 12.9. The molecule has 1 unspecified atom stereocenters. The molecule has 0 bridgehead atoms. The standard InChI is InChI=1S/C15H31N3O/c1-13(2)14(16)8-11-17(3)12-15(19)18-9-6-4-5-7-10-18/h13-14H,4-12,16H2,1-3H3. The van der Waals surface area contributed by atoms with Crippen LogP contribution in [0.5, 0.6) is 0 Å². The highest BCUT2D eigenvalue weighted by Crippen LogP contribution is 2.10. The molecule has 1 aliphatic rings. The number of carbonyl (C=O) groups excluding carboxylic acids is 1. The molecule has 1 atom stereocenters. The van der Waals surface area contributed by atoms with Gasteiger partial charge in [0.1, 0.15) is 0 Å². The number of likely N-dealkylation sites (tertiary alicyclic amines) is 1. The van der Waals surface area contributed by atoms with Gasteiger partial charge in [0.05, 0.1) is 6.54 Å². The van der Waals surface area contributed by atoms with Crippen LogP contribution in [-0.4, -0.2) is 55.0 Å². The maximum Gasteiger partial charge on any atom is 0.236 e. The molecule has 0 saturated carbocycles. The molecule has 1 heterocycles. The fourth-order valence-electron chi connectivity index (χ4n) is 2.43. The summed E-state index contributed by atoms with van der Waals surface area (Å²) in [6, 6.07) is 0.232. The molecule has 0 aliphatic carbocycles. The van der Waals surface area contributed by atoms with Crippen molar-refractivity contribution in [3.8, 4) is 0 Å². The van der Waals surface area contributed by atoms with E-state index in [-0.39, 0.29) is 11.9 Å². The topological polar surface area (TPSA) is 49.6 Å². The van der Waals surface area contributed by atoms with Gasteiger partial charge in [0.2, 0.25) is 5.91 Å². The molecule has 0 aromatic heterocycles. The number of likely N-dealkylation sites (N-methyl/N-ethyl adjacent to an activating group) is 1. The number of amides is 1. The van der Waals surface area contributed by atoms with Crippen LogP contribution in [0.4, 0.5) is 0 Å². The Hall–Kier alpha value is -0.610. The van der Waals surface area contributed by atoms with Crippen LogP contribution in [0, 0.1) is 5.92 Å². The van der Waals surface area contributed by atoms with Gasteiger partial charge in [-0.2, -0.15) is 0 Å². The quantitative estimate of drug-likeness (QED) is 0.798. The molecule has 1 fully saturated rings. The Morgan fingerprint density at radius 2 is 1.79 bits per heavy atom. The highest BCUT2D eigenvalue weighted by molar-refractivity contribution is 5.78. The molecular formula is C15H31N3O. The van der Waals surface area contributed by atoms with Gasteiger partial charge in [-0.1, -0.05) is 26.7 Å². The van der Waals surface area contributed by atoms with Crippen molar-refractivity contribution in [2.45, 2.75) is 52.0 Å². The van der Waals surface area contributed by atoms with Gasteiger partial charge >= 0.3 is 0 Å². The molecule has 4 nitrogen and oxygen atoms in total. The second kappa shape index (κ2) is 8.54. The summed E-state index contributed by atoms with van der Waals surface area (Å²) in [4.78, 5) is 16.3. The van der Waals surface area contributed by atoms with E-state index in [0.29, 0.717) is 12.5 Å². The smallest absolute Gasteiger partial charge is 0.236 e. The van der Waals surface area contributed by atoms with E-state index in [1.54, 1.807) is 0 Å². The van der Waals surface area contributed by atoms with Gasteiger partial charge in [-0.15, -0.1) is 0 Å². The summed E-state index contributed by atoms with van der Waals surface area (Å²) in [5.41, 5.74) is 6.04. The first kappa shape index (κ1) is 16.4. The first-order chi connectivity index (χ1) is 9.00. The van der Waals surface area contributed by atoms with Gasteiger partial charge in [-0.25, -0.2) is 0 Å². The third-order valence-electron chi connectivity index (χ3n) is 4.06. The largest absolute Gasteiger partial charge is 0.342 e. The number of rotatable bonds is 6. The van der Waals surface area contributed by atoms with E-state index >= 15 is 0 Å². The Bertz CT molecular complexity index is 260. The summed E-state index contributed by atoms with van der Waals surface area (Å²) in [6.07, 6.45) is 5.81. The first-order valence-electron chi connectivity index (χ1n) is 7.72. The molecule has 1 rings (SSSR count). The predicted molar refractivity (Wildman–Crippen MR) is 80.0 cm³/mol. The molecule has 1 saturated heterocycles. The molecule has 0 spiro atoms. The van der Waals surface area contributed by atoms with Crippen molar-refractivity contribution in [3.63, 3.8) is 0 Å². The van der Waals surface area contributed by atoms with Gasteiger partial charge in [0.15, 0.2) is 0 Å². The molecule has 0 radical (unpaired) electrons. The monoisotopic (exact) mass is 269 g/mol. The fourth-order valence-corrected chi connectivity index (χ4v) is 2.43. The van der Waals surface area contributed by atoms with E-state index in [1.165, 1.54) is 12.8 Å². The number of hydrogen-bond donors (Lipinski definition) is 1. The molecule has 1 amide bonds. The van der Waals surface area contributed by atoms with Crippen LogP contribution in [-0.2, 0) is 4.79 Å². The second-order valence-corrected chi connectivity index (χ2v) is 6.23. The summed E-state index contributed by atoms with van der Waals surface area (Å²) < 4.78 is 0. The Labute approximate surface area is 118 Å². The van der Waals surface area contributed by atoms with Gasteiger partial charge in [-0.05, 0) is 38.8 Å². The van der Waals surface area contributed by atoms with Gasteiger partial charge < -0.3 is 10.6 Å². The van der Waals surface area contributed by atoms with E-state index in [4.69, 9.17) is 5.73 Å². The zero-order chi connectivity index (χ0) is 14.3. The van der Waals surface area contributed by atoms with Gasteiger partial charge in [-0.3, -0.25) is 9.69 Å². The lowest BCUT2D eigenvalue weighted by Crippen LogP contribution is -2.41. The summed E-state index contributed by atoms with van der Waals surface area (Å²) in [5, 5.41) is 0. The SMILES string of the molecule is CC(C)C(N)CCN(C)CC(=O)N1CCCCCC1. The highest BCUT2D eigenvalue weighted by Gasteiger charge is 2.17. The van der Waals surface area contributed by atoms with E-state index < -0.39 is 0 Å². The number of nitrogens with two attached hydrogens (primary N) is 1. The molecule has 112 valence electrons. The van der Waals surface area contributed by atoms with Crippen LogP contribution in [0.2, 0.25) is 0 Å². The molecule has 0 aromatic carbocycles. The van der Waals surface area contributed by atoms with Crippen molar-refractivity contribution < 1.29 is 4.79 Å². The van der Waals surface area contributed by atoms with E-state index in [1.807, 2.05) is 11.9 Å². The molecular weight excluding hydrogens is 238 g/mol. The number of hydrogen-bond acceptors (Lipinski definition) is 3. The first-order valence-corrected chi connectivity index (χ1v) is 7.72. The Morgan fingerprint density at radius 1 is 1.21 bits per heavy atom. The zero-order valence-corrected chi connectivity index (χ0v) is 12.9. The van der Waals surface area contributed by atoms with Crippen LogP contribution in [0.3, 0.4) is 0 Å². The van der Waals surface area contributed by atoms with Gasteiger partial charge in [0.25, 0.3) is 0 Å². The summed E-state index contributed by atoms with van der Waals surface area (Å²) in [6.45, 7) is 7.61. The van der Waals surface area contributed by atoms with Crippen LogP contribution < -0.4 is 5.73 Å².